The summed E-state index contributed by atoms with van der Waals surface area (Å²) in [5.74, 6) is -2.30. The van der Waals surface area contributed by atoms with Gasteiger partial charge in [0.15, 0.2) is 0 Å². The normalized spacial score (nSPS) is 10.2. The van der Waals surface area contributed by atoms with E-state index in [1.165, 1.54) is 19.2 Å². The molecule has 0 aromatic heterocycles. The fourth-order valence-corrected chi connectivity index (χ4v) is 1.93. The molecule has 2 amide bonds. The number of carbonyl (C=O) groups is 2. The molecule has 0 heterocycles. The molecular weight excluding hydrogens is 275 g/mol. The number of carbonyl (C=O) groups excluding carboxylic acids is 2. The molecule has 0 aliphatic carbocycles. The average molecular weight is 288 g/mol. The summed E-state index contributed by atoms with van der Waals surface area (Å²) in [5, 5.41) is 0. The highest BCUT2D eigenvalue weighted by Crippen LogP contribution is 2.26. The van der Waals surface area contributed by atoms with Gasteiger partial charge in [0.05, 0.1) is 18.2 Å². The van der Waals surface area contributed by atoms with E-state index in [9.17, 15) is 14.0 Å². The Balaban J connectivity index is 2.62. The lowest BCUT2D eigenvalue weighted by atomic mass is 9.98. The van der Waals surface area contributed by atoms with Crippen molar-refractivity contribution < 1.29 is 18.7 Å². The molecule has 0 saturated carbocycles. The van der Waals surface area contributed by atoms with Crippen LogP contribution in [0.2, 0.25) is 0 Å². The van der Waals surface area contributed by atoms with Gasteiger partial charge in [-0.15, -0.1) is 0 Å². The Labute approximate surface area is 120 Å². The van der Waals surface area contributed by atoms with Gasteiger partial charge in [-0.05, 0) is 35.4 Å². The lowest BCUT2D eigenvalue weighted by Crippen LogP contribution is -2.19. The number of halogens is 1. The first-order chi connectivity index (χ1) is 9.93. The van der Waals surface area contributed by atoms with E-state index in [4.69, 9.17) is 16.2 Å². The number of nitrogens with two attached hydrogens (primary N) is 2. The quantitative estimate of drug-likeness (QED) is 0.896. The zero-order valence-corrected chi connectivity index (χ0v) is 11.2. The molecule has 6 heteroatoms. The lowest BCUT2D eigenvalue weighted by molar-refractivity contribution is 0.0994. The molecule has 0 unspecified atom stereocenters. The highest BCUT2D eigenvalue weighted by Gasteiger charge is 2.18. The number of methoxy groups -OCH3 is 1. The number of amides is 2. The highest BCUT2D eigenvalue weighted by atomic mass is 19.1. The highest BCUT2D eigenvalue weighted by molar-refractivity contribution is 6.00. The van der Waals surface area contributed by atoms with Crippen molar-refractivity contribution in [2.75, 3.05) is 7.11 Å². The van der Waals surface area contributed by atoms with Crippen LogP contribution < -0.4 is 16.2 Å². The van der Waals surface area contributed by atoms with Gasteiger partial charge in [0.1, 0.15) is 11.6 Å². The van der Waals surface area contributed by atoms with E-state index >= 15 is 0 Å². The first-order valence-corrected chi connectivity index (χ1v) is 6.01. The summed E-state index contributed by atoms with van der Waals surface area (Å²) in [6.45, 7) is 0. The van der Waals surface area contributed by atoms with E-state index in [2.05, 4.69) is 0 Å². The predicted octanol–water partition coefficient (Wildman–Crippen LogP) is 1.70. The third-order valence-corrected chi connectivity index (χ3v) is 3.03. The second-order valence-electron chi connectivity index (χ2n) is 4.34. The van der Waals surface area contributed by atoms with Gasteiger partial charge < -0.3 is 16.2 Å². The van der Waals surface area contributed by atoms with Gasteiger partial charge in [-0.3, -0.25) is 9.59 Å². The lowest BCUT2D eigenvalue weighted by Gasteiger charge is -2.09. The molecule has 2 aromatic carbocycles. The van der Waals surface area contributed by atoms with Crippen LogP contribution in [-0.2, 0) is 0 Å². The average Bonchev–Trinajstić information content (AvgIpc) is 2.47. The molecule has 0 atom stereocenters. The first kappa shape index (κ1) is 14.5. The van der Waals surface area contributed by atoms with E-state index < -0.39 is 17.6 Å². The smallest absolute Gasteiger partial charge is 0.251 e. The van der Waals surface area contributed by atoms with Crippen LogP contribution >= 0.6 is 0 Å². The number of hydrogen-bond donors (Lipinski definition) is 2. The molecule has 2 aromatic rings. The molecule has 21 heavy (non-hydrogen) atoms. The molecule has 0 radical (unpaired) electrons. The van der Waals surface area contributed by atoms with Crippen LogP contribution in [0.1, 0.15) is 20.7 Å². The zero-order valence-electron chi connectivity index (χ0n) is 11.2. The van der Waals surface area contributed by atoms with Crippen LogP contribution in [0.5, 0.6) is 5.75 Å². The minimum absolute atomic E-state index is 0.378. The van der Waals surface area contributed by atoms with Crippen molar-refractivity contribution in [3.05, 3.63) is 53.3 Å². The van der Waals surface area contributed by atoms with Crippen LogP contribution in [0.4, 0.5) is 4.39 Å². The van der Waals surface area contributed by atoms with Gasteiger partial charge in [0.2, 0.25) is 0 Å². The summed E-state index contributed by atoms with van der Waals surface area (Å²) in [6, 6.07) is 9.39. The van der Waals surface area contributed by atoms with Crippen molar-refractivity contribution in [1.29, 1.82) is 0 Å². The minimum Gasteiger partial charge on any atom is -0.497 e. The predicted molar refractivity (Wildman–Crippen MR) is 75.4 cm³/mol. The second-order valence-corrected chi connectivity index (χ2v) is 4.34. The Hall–Kier alpha value is -2.89. The molecule has 0 spiro atoms. The number of ether oxygens (including phenoxy) is 1. The van der Waals surface area contributed by atoms with Gasteiger partial charge >= 0.3 is 0 Å². The Morgan fingerprint density at radius 1 is 0.952 bits per heavy atom. The van der Waals surface area contributed by atoms with Crippen LogP contribution in [0.3, 0.4) is 0 Å². The molecule has 0 bridgehead atoms. The zero-order chi connectivity index (χ0) is 15.6. The van der Waals surface area contributed by atoms with E-state index in [1.54, 1.807) is 24.3 Å². The molecule has 0 fully saturated rings. The van der Waals surface area contributed by atoms with Crippen LogP contribution in [0.25, 0.3) is 11.1 Å². The monoisotopic (exact) mass is 288 g/mol. The minimum atomic E-state index is -1.01. The van der Waals surface area contributed by atoms with Crippen molar-refractivity contribution in [3.63, 3.8) is 0 Å². The Morgan fingerprint density at radius 3 is 1.81 bits per heavy atom. The number of primary amides is 2. The molecule has 0 aliphatic heterocycles. The largest absolute Gasteiger partial charge is 0.497 e. The van der Waals surface area contributed by atoms with E-state index in [1.807, 2.05) is 0 Å². The van der Waals surface area contributed by atoms with Gasteiger partial charge in [-0.2, -0.15) is 0 Å². The number of hydrogen-bond acceptors (Lipinski definition) is 3. The fraction of sp³-hybridized carbons (Fsp3) is 0.0667. The van der Waals surface area contributed by atoms with Crippen LogP contribution in [0, 0.1) is 5.82 Å². The summed E-state index contributed by atoms with van der Waals surface area (Å²) in [6.07, 6.45) is 0. The third-order valence-electron chi connectivity index (χ3n) is 3.03. The summed E-state index contributed by atoms with van der Waals surface area (Å²) in [5.41, 5.74) is 10.6. The molecule has 108 valence electrons. The molecular formula is C15H13FN2O3. The summed E-state index contributed by atoms with van der Waals surface area (Å²) in [4.78, 5) is 22.6. The number of rotatable bonds is 4. The molecule has 5 nitrogen and oxygen atoms in total. The summed E-state index contributed by atoms with van der Waals surface area (Å²) in [7, 11) is 1.53. The van der Waals surface area contributed by atoms with Crippen molar-refractivity contribution in [2.24, 2.45) is 11.5 Å². The van der Waals surface area contributed by atoms with Gasteiger partial charge in [-0.1, -0.05) is 12.1 Å². The molecule has 2 rings (SSSR count). The van der Waals surface area contributed by atoms with Gasteiger partial charge in [-0.25, -0.2) is 4.39 Å². The van der Waals surface area contributed by atoms with Crippen molar-refractivity contribution >= 4 is 11.8 Å². The Morgan fingerprint density at radius 2 is 1.43 bits per heavy atom. The second kappa shape index (κ2) is 5.62. The van der Waals surface area contributed by atoms with E-state index in [0.29, 0.717) is 16.9 Å². The summed E-state index contributed by atoms with van der Waals surface area (Å²) >= 11 is 0. The van der Waals surface area contributed by atoms with Crippen LogP contribution in [-0.4, -0.2) is 18.9 Å². The first-order valence-electron chi connectivity index (χ1n) is 6.01. The number of benzene rings is 2. The molecule has 0 aliphatic rings. The standard InChI is InChI=1S/C15H13FN2O3/c1-21-10-4-2-8(3-5-10)9-6-11(14(17)19)13(16)12(7-9)15(18)20/h2-7H,1H3,(H2,17,19)(H2,18,20). The maximum atomic E-state index is 14.0. The molecule has 4 N–H and O–H groups in total. The van der Waals surface area contributed by atoms with Crippen molar-refractivity contribution in [3.8, 4) is 16.9 Å². The topological polar surface area (TPSA) is 95.4 Å². The molecule has 0 saturated heterocycles. The van der Waals surface area contributed by atoms with Gasteiger partial charge in [0, 0.05) is 0 Å². The summed E-state index contributed by atoms with van der Waals surface area (Å²) < 4.78 is 19.0. The fourth-order valence-electron chi connectivity index (χ4n) is 1.93. The van der Waals surface area contributed by atoms with Crippen LogP contribution in [0.15, 0.2) is 36.4 Å². The van der Waals surface area contributed by atoms with Crippen molar-refractivity contribution in [2.45, 2.75) is 0 Å². The van der Waals surface area contributed by atoms with Gasteiger partial charge in [0.25, 0.3) is 11.8 Å². The maximum Gasteiger partial charge on any atom is 0.251 e. The third kappa shape index (κ3) is 2.84. The SMILES string of the molecule is COc1ccc(-c2cc(C(N)=O)c(F)c(C(N)=O)c2)cc1. The Kier molecular flexibility index (Phi) is 3.89. The van der Waals surface area contributed by atoms with Crippen molar-refractivity contribution in [1.82, 2.24) is 0 Å². The maximum absolute atomic E-state index is 14.0. The Bertz CT molecular complexity index is 676. The van der Waals surface area contributed by atoms with E-state index in [0.717, 1.165) is 0 Å². The van der Waals surface area contributed by atoms with E-state index in [-0.39, 0.29) is 11.1 Å².